The van der Waals surface area contributed by atoms with Crippen LogP contribution in [0.3, 0.4) is 0 Å². The molecule has 3 heteroatoms. The monoisotopic (exact) mass is 215 g/mol. The molecule has 0 fully saturated rings. The molecule has 0 unspecified atom stereocenters. The van der Waals surface area contributed by atoms with E-state index in [4.69, 9.17) is 0 Å². The van der Waals surface area contributed by atoms with E-state index < -0.39 is 0 Å². The normalized spacial score (nSPS) is 11.6. The first kappa shape index (κ1) is 11.0. The highest BCUT2D eigenvalue weighted by Crippen LogP contribution is 2.28. The Bertz CT molecular complexity index is 461. The molecule has 0 aliphatic heterocycles. The van der Waals surface area contributed by atoms with Gasteiger partial charge in [-0.25, -0.2) is 0 Å². The SMILES string of the molecule is CC(C)c1nccc2cnnc(C(C)C)c12. The molecule has 0 N–H and O–H groups in total. The summed E-state index contributed by atoms with van der Waals surface area (Å²) in [5.74, 6) is 0.781. The molecule has 0 atom stereocenters. The van der Waals surface area contributed by atoms with E-state index in [9.17, 15) is 0 Å². The maximum absolute atomic E-state index is 4.48. The molecule has 0 aliphatic rings. The highest BCUT2D eigenvalue weighted by Gasteiger charge is 2.14. The third-order valence-electron chi connectivity index (χ3n) is 2.72. The first-order valence-corrected chi connectivity index (χ1v) is 5.71. The van der Waals surface area contributed by atoms with Gasteiger partial charge in [0.2, 0.25) is 0 Å². The maximum Gasteiger partial charge on any atom is 0.0753 e. The third-order valence-corrected chi connectivity index (χ3v) is 2.72. The average molecular weight is 215 g/mol. The molecule has 0 radical (unpaired) electrons. The first-order valence-electron chi connectivity index (χ1n) is 5.71. The molecular formula is C13H17N3. The van der Waals surface area contributed by atoms with E-state index in [1.807, 2.05) is 18.5 Å². The van der Waals surface area contributed by atoms with Gasteiger partial charge in [-0.05, 0) is 17.9 Å². The van der Waals surface area contributed by atoms with Crippen LogP contribution >= 0.6 is 0 Å². The Labute approximate surface area is 95.9 Å². The summed E-state index contributed by atoms with van der Waals surface area (Å²) < 4.78 is 0. The van der Waals surface area contributed by atoms with Gasteiger partial charge in [0, 0.05) is 17.0 Å². The molecule has 0 aromatic carbocycles. The standard InChI is InChI=1S/C13H17N3/c1-8(2)12-11-10(5-6-14-12)7-15-16-13(11)9(3)4/h5-9H,1-4H3. The van der Waals surface area contributed by atoms with Crippen LogP contribution in [0.4, 0.5) is 0 Å². The lowest BCUT2D eigenvalue weighted by Gasteiger charge is -2.13. The van der Waals surface area contributed by atoms with Crippen LogP contribution < -0.4 is 0 Å². The Balaban J connectivity index is 2.82. The van der Waals surface area contributed by atoms with Crippen molar-refractivity contribution in [3.63, 3.8) is 0 Å². The molecule has 2 aromatic heterocycles. The molecule has 2 rings (SSSR count). The molecule has 84 valence electrons. The molecule has 2 aromatic rings. The summed E-state index contributed by atoms with van der Waals surface area (Å²) in [4.78, 5) is 4.48. The quantitative estimate of drug-likeness (QED) is 0.771. The van der Waals surface area contributed by atoms with Crippen LogP contribution in [-0.4, -0.2) is 15.2 Å². The number of aromatic nitrogens is 3. The zero-order valence-corrected chi connectivity index (χ0v) is 10.2. The molecule has 0 amide bonds. The van der Waals surface area contributed by atoms with Gasteiger partial charge < -0.3 is 0 Å². The minimum absolute atomic E-state index is 0.373. The van der Waals surface area contributed by atoms with Crippen molar-refractivity contribution in [2.45, 2.75) is 39.5 Å². The Kier molecular flexibility index (Phi) is 2.86. The fourth-order valence-corrected chi connectivity index (χ4v) is 1.93. The maximum atomic E-state index is 4.48. The number of rotatable bonds is 2. The predicted molar refractivity (Wildman–Crippen MR) is 65.5 cm³/mol. The molecule has 16 heavy (non-hydrogen) atoms. The van der Waals surface area contributed by atoms with Gasteiger partial charge in [0.15, 0.2) is 0 Å². The lowest BCUT2D eigenvalue weighted by atomic mass is 9.97. The molecule has 0 spiro atoms. The van der Waals surface area contributed by atoms with Gasteiger partial charge in [0.1, 0.15) is 0 Å². The van der Waals surface area contributed by atoms with Crippen LogP contribution in [0.15, 0.2) is 18.5 Å². The molecule has 2 heterocycles. The Morgan fingerprint density at radius 1 is 1.00 bits per heavy atom. The largest absolute Gasteiger partial charge is 0.260 e. The van der Waals surface area contributed by atoms with E-state index in [2.05, 4.69) is 42.9 Å². The summed E-state index contributed by atoms with van der Waals surface area (Å²) in [6.07, 6.45) is 3.66. The zero-order valence-electron chi connectivity index (χ0n) is 10.2. The highest BCUT2D eigenvalue weighted by molar-refractivity contribution is 5.86. The van der Waals surface area contributed by atoms with Crippen LogP contribution in [0.5, 0.6) is 0 Å². The molecule has 0 saturated carbocycles. The van der Waals surface area contributed by atoms with Crippen LogP contribution in [0.1, 0.15) is 50.9 Å². The van der Waals surface area contributed by atoms with E-state index >= 15 is 0 Å². The van der Waals surface area contributed by atoms with Crippen molar-refractivity contribution in [3.05, 3.63) is 29.8 Å². The molecule has 3 nitrogen and oxygen atoms in total. The van der Waals surface area contributed by atoms with Crippen molar-refractivity contribution in [2.75, 3.05) is 0 Å². The van der Waals surface area contributed by atoms with Gasteiger partial charge in [-0.15, -0.1) is 0 Å². The number of fused-ring (bicyclic) bond motifs is 1. The van der Waals surface area contributed by atoms with Crippen molar-refractivity contribution in [1.29, 1.82) is 0 Å². The van der Waals surface area contributed by atoms with Gasteiger partial charge in [-0.3, -0.25) is 4.98 Å². The lowest BCUT2D eigenvalue weighted by Crippen LogP contribution is -2.02. The topological polar surface area (TPSA) is 38.7 Å². The van der Waals surface area contributed by atoms with E-state index in [1.54, 1.807) is 0 Å². The molecule has 0 aliphatic carbocycles. The highest BCUT2D eigenvalue weighted by atomic mass is 15.1. The van der Waals surface area contributed by atoms with Crippen LogP contribution in [0.25, 0.3) is 10.8 Å². The summed E-state index contributed by atoms with van der Waals surface area (Å²) >= 11 is 0. The number of pyridine rings is 1. The number of nitrogens with zero attached hydrogens (tertiary/aromatic N) is 3. The second-order valence-electron chi connectivity index (χ2n) is 4.70. The minimum atomic E-state index is 0.373. The fraction of sp³-hybridized carbons (Fsp3) is 0.462. The van der Waals surface area contributed by atoms with Crippen molar-refractivity contribution in [2.24, 2.45) is 0 Å². The van der Waals surface area contributed by atoms with Crippen LogP contribution in [0, 0.1) is 0 Å². The average Bonchev–Trinajstić information content (AvgIpc) is 2.27. The summed E-state index contributed by atoms with van der Waals surface area (Å²) in [5.41, 5.74) is 2.17. The van der Waals surface area contributed by atoms with E-state index in [1.165, 1.54) is 5.39 Å². The zero-order chi connectivity index (χ0) is 11.7. The first-order chi connectivity index (χ1) is 7.61. The van der Waals surface area contributed by atoms with Gasteiger partial charge in [0.25, 0.3) is 0 Å². The summed E-state index contributed by atoms with van der Waals surface area (Å²) in [7, 11) is 0. The fourth-order valence-electron chi connectivity index (χ4n) is 1.93. The van der Waals surface area contributed by atoms with Crippen molar-refractivity contribution < 1.29 is 0 Å². The van der Waals surface area contributed by atoms with Crippen molar-refractivity contribution in [1.82, 2.24) is 15.2 Å². The summed E-state index contributed by atoms with van der Waals surface area (Å²) in [6, 6.07) is 2.00. The Hall–Kier alpha value is -1.51. The van der Waals surface area contributed by atoms with E-state index in [0.717, 1.165) is 16.8 Å². The van der Waals surface area contributed by atoms with E-state index in [0.29, 0.717) is 11.8 Å². The smallest absolute Gasteiger partial charge is 0.0753 e. The minimum Gasteiger partial charge on any atom is -0.260 e. The second-order valence-corrected chi connectivity index (χ2v) is 4.70. The summed E-state index contributed by atoms with van der Waals surface area (Å²) in [5, 5.41) is 10.6. The predicted octanol–water partition coefficient (Wildman–Crippen LogP) is 3.27. The van der Waals surface area contributed by atoms with E-state index in [-0.39, 0.29) is 0 Å². The van der Waals surface area contributed by atoms with Crippen LogP contribution in [0.2, 0.25) is 0 Å². The van der Waals surface area contributed by atoms with Crippen LogP contribution in [-0.2, 0) is 0 Å². The van der Waals surface area contributed by atoms with Gasteiger partial charge in [-0.1, -0.05) is 27.7 Å². The number of hydrogen-bond donors (Lipinski definition) is 0. The van der Waals surface area contributed by atoms with Crippen molar-refractivity contribution >= 4 is 10.8 Å². The number of hydrogen-bond acceptors (Lipinski definition) is 3. The van der Waals surface area contributed by atoms with Gasteiger partial charge in [-0.2, -0.15) is 10.2 Å². The summed E-state index contributed by atoms with van der Waals surface area (Å²) in [6.45, 7) is 8.60. The van der Waals surface area contributed by atoms with Crippen molar-refractivity contribution in [3.8, 4) is 0 Å². The Morgan fingerprint density at radius 2 is 1.69 bits per heavy atom. The molecule has 0 saturated heterocycles. The lowest BCUT2D eigenvalue weighted by molar-refractivity contribution is 0.783. The van der Waals surface area contributed by atoms with Gasteiger partial charge >= 0.3 is 0 Å². The molecular weight excluding hydrogens is 198 g/mol. The molecule has 0 bridgehead atoms. The second kappa shape index (κ2) is 4.16. The van der Waals surface area contributed by atoms with Gasteiger partial charge in [0.05, 0.1) is 17.6 Å². The Morgan fingerprint density at radius 3 is 2.31 bits per heavy atom. The third kappa shape index (κ3) is 1.77.